The highest BCUT2D eigenvalue weighted by atomic mass is 15.0. The molecule has 0 saturated carbocycles. The summed E-state index contributed by atoms with van der Waals surface area (Å²) in [5, 5.41) is 4.92. The monoisotopic (exact) mass is 344 g/mol. The van der Waals surface area contributed by atoms with E-state index in [4.69, 9.17) is 0 Å². The van der Waals surface area contributed by atoms with Crippen LogP contribution in [0.1, 0.15) is 17.5 Å². The number of aryl methyl sites for hydroxylation is 1. The molecule has 4 nitrogen and oxygen atoms in total. The molecular weight excluding hydrogens is 320 g/mol. The van der Waals surface area contributed by atoms with Gasteiger partial charge in [-0.3, -0.25) is 0 Å². The quantitative estimate of drug-likeness (QED) is 0.489. The lowest BCUT2D eigenvalue weighted by atomic mass is 10.2. The molecule has 0 aliphatic carbocycles. The van der Waals surface area contributed by atoms with Crippen molar-refractivity contribution in [3.63, 3.8) is 0 Å². The summed E-state index contributed by atoms with van der Waals surface area (Å²) in [6.07, 6.45) is 9.10. The van der Waals surface area contributed by atoms with Gasteiger partial charge in [0.05, 0.1) is 6.33 Å². The van der Waals surface area contributed by atoms with Crippen molar-refractivity contribution in [1.82, 2.24) is 19.4 Å². The zero-order valence-electron chi connectivity index (χ0n) is 14.9. The van der Waals surface area contributed by atoms with Crippen LogP contribution in [0, 0.1) is 0 Å². The Kier molecular flexibility index (Phi) is 5.12. The van der Waals surface area contributed by atoms with Gasteiger partial charge >= 0.3 is 0 Å². The van der Waals surface area contributed by atoms with E-state index >= 15 is 0 Å². The van der Waals surface area contributed by atoms with Gasteiger partial charge in [0.25, 0.3) is 0 Å². The van der Waals surface area contributed by atoms with Gasteiger partial charge < -0.3 is 14.5 Å². The molecule has 0 unspecified atom stereocenters. The fourth-order valence-electron chi connectivity index (χ4n) is 3.40. The van der Waals surface area contributed by atoms with Crippen LogP contribution in [0.4, 0.5) is 0 Å². The molecule has 0 atom stereocenters. The van der Waals surface area contributed by atoms with Crippen molar-refractivity contribution in [2.75, 3.05) is 6.54 Å². The van der Waals surface area contributed by atoms with Crippen LogP contribution in [0.3, 0.4) is 0 Å². The van der Waals surface area contributed by atoms with Crippen molar-refractivity contribution in [1.29, 1.82) is 0 Å². The van der Waals surface area contributed by atoms with Gasteiger partial charge in [0.1, 0.15) is 0 Å². The van der Waals surface area contributed by atoms with E-state index in [1.54, 1.807) is 0 Å². The van der Waals surface area contributed by atoms with Crippen LogP contribution in [-0.2, 0) is 19.6 Å². The fourth-order valence-corrected chi connectivity index (χ4v) is 3.40. The molecule has 0 spiro atoms. The summed E-state index contributed by atoms with van der Waals surface area (Å²) < 4.78 is 4.47. The van der Waals surface area contributed by atoms with Crippen LogP contribution in [0.15, 0.2) is 79.5 Å². The normalized spacial score (nSPS) is 11.2. The molecule has 26 heavy (non-hydrogen) atoms. The molecule has 4 rings (SSSR count). The average molecular weight is 344 g/mol. The molecule has 0 fully saturated rings. The molecule has 2 aromatic heterocycles. The molecule has 0 bridgehead atoms. The van der Waals surface area contributed by atoms with E-state index in [0.29, 0.717) is 0 Å². The smallest absolute Gasteiger partial charge is 0.0945 e. The molecule has 0 aliphatic heterocycles. The van der Waals surface area contributed by atoms with E-state index in [0.717, 1.165) is 32.6 Å². The van der Waals surface area contributed by atoms with Crippen molar-refractivity contribution in [2.45, 2.75) is 26.1 Å². The van der Waals surface area contributed by atoms with Crippen LogP contribution < -0.4 is 5.32 Å². The fraction of sp³-hybridized carbons (Fsp3) is 0.227. The average Bonchev–Trinajstić information content (AvgIpc) is 3.31. The molecule has 0 amide bonds. The number of rotatable bonds is 8. The molecule has 4 aromatic rings. The van der Waals surface area contributed by atoms with Crippen molar-refractivity contribution in [3.05, 3.63) is 90.6 Å². The Morgan fingerprint density at radius 2 is 1.81 bits per heavy atom. The van der Waals surface area contributed by atoms with Gasteiger partial charge in [0.15, 0.2) is 0 Å². The second kappa shape index (κ2) is 8.02. The minimum absolute atomic E-state index is 0.895. The molecule has 2 heterocycles. The Morgan fingerprint density at radius 3 is 2.65 bits per heavy atom. The first-order valence-corrected chi connectivity index (χ1v) is 9.17. The van der Waals surface area contributed by atoms with Crippen LogP contribution >= 0.6 is 0 Å². The van der Waals surface area contributed by atoms with Crippen molar-refractivity contribution < 1.29 is 0 Å². The first-order chi connectivity index (χ1) is 12.9. The topological polar surface area (TPSA) is 34.8 Å². The summed E-state index contributed by atoms with van der Waals surface area (Å²) in [5.41, 5.74) is 3.99. The van der Waals surface area contributed by atoms with Crippen molar-refractivity contribution >= 4 is 10.9 Å². The van der Waals surface area contributed by atoms with Crippen LogP contribution in [-0.4, -0.2) is 20.7 Å². The Bertz CT molecular complexity index is 939. The summed E-state index contributed by atoms with van der Waals surface area (Å²) >= 11 is 0. The lowest BCUT2D eigenvalue weighted by molar-refractivity contribution is 0.581. The van der Waals surface area contributed by atoms with E-state index in [-0.39, 0.29) is 0 Å². The maximum absolute atomic E-state index is 4.08. The van der Waals surface area contributed by atoms with Gasteiger partial charge in [0, 0.05) is 49.1 Å². The van der Waals surface area contributed by atoms with E-state index in [1.807, 2.05) is 18.7 Å². The zero-order valence-corrected chi connectivity index (χ0v) is 14.9. The first-order valence-electron chi connectivity index (χ1n) is 9.17. The maximum Gasteiger partial charge on any atom is 0.0945 e. The number of nitrogens with zero attached hydrogens (tertiary/aromatic N) is 3. The number of benzene rings is 2. The summed E-state index contributed by atoms with van der Waals surface area (Å²) in [6.45, 7) is 3.80. The van der Waals surface area contributed by atoms with E-state index < -0.39 is 0 Å². The Hall–Kier alpha value is -2.85. The van der Waals surface area contributed by atoms with Crippen LogP contribution in [0.25, 0.3) is 10.9 Å². The first kappa shape index (κ1) is 16.6. The lowest BCUT2D eigenvalue weighted by Crippen LogP contribution is -2.16. The van der Waals surface area contributed by atoms with Gasteiger partial charge in [-0.2, -0.15) is 0 Å². The van der Waals surface area contributed by atoms with Gasteiger partial charge in [-0.15, -0.1) is 0 Å². The molecule has 2 aromatic carbocycles. The third-order valence-electron chi connectivity index (χ3n) is 4.71. The Balaban J connectivity index is 1.41. The molecule has 1 N–H and O–H groups in total. The van der Waals surface area contributed by atoms with Gasteiger partial charge in [-0.25, -0.2) is 4.98 Å². The molecule has 132 valence electrons. The third kappa shape index (κ3) is 3.86. The van der Waals surface area contributed by atoms with Crippen molar-refractivity contribution in [2.24, 2.45) is 0 Å². The highest BCUT2D eigenvalue weighted by Gasteiger charge is 2.08. The summed E-state index contributed by atoms with van der Waals surface area (Å²) in [7, 11) is 0. The van der Waals surface area contributed by atoms with Crippen LogP contribution in [0.2, 0.25) is 0 Å². The number of aromatic nitrogens is 3. The molecule has 0 aliphatic rings. The Labute approximate surface area is 154 Å². The number of hydrogen-bond donors (Lipinski definition) is 1. The van der Waals surface area contributed by atoms with E-state index in [1.165, 1.54) is 22.0 Å². The molecular formula is C22H24N4. The zero-order chi connectivity index (χ0) is 17.6. The summed E-state index contributed by atoms with van der Waals surface area (Å²) in [6, 6.07) is 19.3. The second-order valence-electron chi connectivity index (χ2n) is 6.62. The highest BCUT2D eigenvalue weighted by Crippen LogP contribution is 2.22. The summed E-state index contributed by atoms with van der Waals surface area (Å²) in [5.74, 6) is 0. The number of imidazole rings is 1. The second-order valence-corrected chi connectivity index (χ2v) is 6.62. The number of para-hydroxylation sites is 1. The van der Waals surface area contributed by atoms with Gasteiger partial charge in [-0.05, 0) is 30.2 Å². The van der Waals surface area contributed by atoms with Gasteiger partial charge in [-0.1, -0.05) is 48.5 Å². The predicted molar refractivity (Wildman–Crippen MR) is 106 cm³/mol. The lowest BCUT2D eigenvalue weighted by Gasteiger charge is -2.05. The molecule has 4 heteroatoms. The Morgan fingerprint density at radius 1 is 0.962 bits per heavy atom. The minimum atomic E-state index is 0.895. The van der Waals surface area contributed by atoms with Crippen LogP contribution in [0.5, 0.6) is 0 Å². The largest absolute Gasteiger partial charge is 0.343 e. The SMILES string of the molecule is c1ccc(Cn2cc(CNCCCn3ccnc3)c3ccccc32)cc1. The standard InChI is InChI=1S/C22H24N4/c1-2-7-19(8-3-1)16-26-17-20(21-9-4-5-10-22(21)26)15-23-11-6-13-25-14-12-24-18-25/h1-5,7-10,12,14,17-18,23H,6,11,13,15-16H2. The third-order valence-corrected chi connectivity index (χ3v) is 4.71. The summed E-state index contributed by atoms with van der Waals surface area (Å²) in [4.78, 5) is 4.08. The highest BCUT2D eigenvalue weighted by molar-refractivity contribution is 5.84. The molecule has 0 radical (unpaired) electrons. The van der Waals surface area contributed by atoms with E-state index in [2.05, 4.69) is 80.2 Å². The predicted octanol–water partition coefficient (Wildman–Crippen LogP) is 4.07. The van der Waals surface area contributed by atoms with Crippen molar-refractivity contribution in [3.8, 4) is 0 Å². The number of hydrogen-bond acceptors (Lipinski definition) is 2. The molecule has 0 saturated heterocycles. The van der Waals surface area contributed by atoms with E-state index in [9.17, 15) is 0 Å². The van der Waals surface area contributed by atoms with Gasteiger partial charge in [0.2, 0.25) is 0 Å². The maximum atomic E-state index is 4.08. The number of nitrogens with one attached hydrogen (secondary N) is 1. The number of fused-ring (bicyclic) bond motifs is 1. The minimum Gasteiger partial charge on any atom is -0.343 e.